The number of rotatable bonds is 4. The van der Waals surface area contributed by atoms with Gasteiger partial charge in [0.25, 0.3) is 0 Å². The third-order valence-electron chi connectivity index (χ3n) is 3.03. The molecule has 1 unspecified atom stereocenters. The molecule has 0 fully saturated rings. The maximum Gasteiger partial charge on any atom is 0.131 e. The van der Waals surface area contributed by atoms with Gasteiger partial charge in [-0.3, -0.25) is 4.68 Å². The van der Waals surface area contributed by atoms with Crippen molar-refractivity contribution in [3.63, 3.8) is 0 Å². The molecule has 0 bridgehead atoms. The van der Waals surface area contributed by atoms with E-state index >= 15 is 0 Å². The molecule has 92 valence electrons. The summed E-state index contributed by atoms with van der Waals surface area (Å²) in [5.74, 6) is 0.998. The maximum atomic E-state index is 4.48. The molecule has 0 amide bonds. The largest absolute Gasteiger partial charge is 0.336 e. The minimum absolute atomic E-state index is 0.0767. The zero-order valence-electron chi connectivity index (χ0n) is 10.8. The zero-order valence-corrected chi connectivity index (χ0v) is 10.8. The Hall–Kier alpha value is -1.62. The first kappa shape index (κ1) is 11.9. The molecule has 0 saturated carbocycles. The molecule has 5 nitrogen and oxygen atoms in total. The lowest BCUT2D eigenvalue weighted by atomic mass is 10.1. The Bertz CT molecular complexity index is 497. The van der Waals surface area contributed by atoms with Gasteiger partial charge in [-0.15, -0.1) is 0 Å². The Labute approximate surface area is 101 Å². The molecular formula is C12H19N5. The van der Waals surface area contributed by atoms with Crippen LogP contribution in [0.25, 0.3) is 0 Å². The van der Waals surface area contributed by atoms with Gasteiger partial charge in [-0.25, -0.2) is 4.98 Å². The number of aromatic nitrogens is 4. The molecule has 2 rings (SSSR count). The fourth-order valence-electron chi connectivity index (χ4n) is 2.05. The second-order valence-corrected chi connectivity index (χ2v) is 4.16. The Kier molecular flexibility index (Phi) is 3.28. The normalized spacial score (nSPS) is 12.9. The number of nitrogens with one attached hydrogen (secondary N) is 1. The van der Waals surface area contributed by atoms with Crippen molar-refractivity contribution in [3.8, 4) is 0 Å². The fourth-order valence-corrected chi connectivity index (χ4v) is 2.05. The van der Waals surface area contributed by atoms with Crippen LogP contribution in [0.3, 0.4) is 0 Å². The van der Waals surface area contributed by atoms with Crippen LogP contribution in [-0.4, -0.2) is 26.4 Å². The first-order chi connectivity index (χ1) is 8.17. The molecular weight excluding hydrogens is 214 g/mol. The summed E-state index contributed by atoms with van der Waals surface area (Å²) in [5.41, 5.74) is 2.25. The third kappa shape index (κ3) is 2.10. The summed E-state index contributed by atoms with van der Waals surface area (Å²) in [4.78, 5) is 4.40. The molecule has 2 aromatic rings. The average molecular weight is 233 g/mol. The van der Waals surface area contributed by atoms with Gasteiger partial charge in [0.1, 0.15) is 11.9 Å². The minimum Gasteiger partial charge on any atom is -0.336 e. The van der Waals surface area contributed by atoms with E-state index in [0.717, 1.165) is 23.6 Å². The average Bonchev–Trinajstić information content (AvgIpc) is 2.88. The van der Waals surface area contributed by atoms with Gasteiger partial charge >= 0.3 is 0 Å². The van der Waals surface area contributed by atoms with Gasteiger partial charge in [0.05, 0.1) is 11.4 Å². The Morgan fingerprint density at radius 2 is 2.18 bits per heavy atom. The monoisotopic (exact) mass is 233 g/mol. The summed E-state index contributed by atoms with van der Waals surface area (Å²) in [6.07, 6.45) is 4.72. The summed E-state index contributed by atoms with van der Waals surface area (Å²) in [6, 6.07) is 2.21. The Morgan fingerprint density at radius 3 is 2.65 bits per heavy atom. The van der Waals surface area contributed by atoms with Crippen LogP contribution in [0, 0.1) is 0 Å². The van der Waals surface area contributed by atoms with Crippen molar-refractivity contribution in [2.24, 2.45) is 14.1 Å². The van der Waals surface area contributed by atoms with Crippen LogP contribution in [0.5, 0.6) is 0 Å². The van der Waals surface area contributed by atoms with Crippen LogP contribution in [0.15, 0.2) is 18.5 Å². The first-order valence-corrected chi connectivity index (χ1v) is 5.84. The molecule has 0 radical (unpaired) electrons. The van der Waals surface area contributed by atoms with E-state index in [1.165, 1.54) is 0 Å². The summed E-state index contributed by atoms with van der Waals surface area (Å²) >= 11 is 0. The maximum absolute atomic E-state index is 4.48. The van der Waals surface area contributed by atoms with Crippen LogP contribution in [0.2, 0.25) is 0 Å². The Morgan fingerprint density at radius 1 is 1.41 bits per heavy atom. The van der Waals surface area contributed by atoms with Crippen LogP contribution in [-0.2, 0) is 20.5 Å². The van der Waals surface area contributed by atoms with E-state index in [4.69, 9.17) is 0 Å². The lowest BCUT2D eigenvalue weighted by molar-refractivity contribution is 0.562. The quantitative estimate of drug-likeness (QED) is 0.858. The van der Waals surface area contributed by atoms with E-state index in [-0.39, 0.29) is 6.04 Å². The van der Waals surface area contributed by atoms with Crippen molar-refractivity contribution in [2.45, 2.75) is 19.4 Å². The highest BCUT2D eigenvalue weighted by Crippen LogP contribution is 2.20. The summed E-state index contributed by atoms with van der Waals surface area (Å²) < 4.78 is 3.95. The molecule has 0 saturated heterocycles. The van der Waals surface area contributed by atoms with E-state index in [1.54, 1.807) is 0 Å². The summed E-state index contributed by atoms with van der Waals surface area (Å²) in [7, 11) is 5.92. The van der Waals surface area contributed by atoms with Gasteiger partial charge in [-0.2, -0.15) is 5.10 Å². The van der Waals surface area contributed by atoms with Crippen LogP contribution >= 0.6 is 0 Å². The highest BCUT2D eigenvalue weighted by atomic mass is 15.3. The first-order valence-electron chi connectivity index (χ1n) is 5.84. The van der Waals surface area contributed by atoms with Crippen molar-refractivity contribution in [3.05, 3.63) is 35.7 Å². The summed E-state index contributed by atoms with van der Waals surface area (Å²) in [6.45, 7) is 2.11. The standard InChI is InChI=1S/C12H19N5/c1-5-9-8-10(17(4)15-9)11(13-2)12-14-6-7-16(12)3/h6-8,11,13H,5H2,1-4H3. The van der Waals surface area contributed by atoms with Gasteiger partial charge in [0, 0.05) is 26.5 Å². The molecule has 1 N–H and O–H groups in total. The molecule has 0 aromatic carbocycles. The van der Waals surface area contributed by atoms with E-state index in [1.807, 2.05) is 42.8 Å². The van der Waals surface area contributed by atoms with Gasteiger partial charge < -0.3 is 9.88 Å². The second kappa shape index (κ2) is 4.71. The lowest BCUT2D eigenvalue weighted by Crippen LogP contribution is -2.23. The smallest absolute Gasteiger partial charge is 0.131 e. The molecule has 0 aliphatic rings. The number of aryl methyl sites for hydroxylation is 3. The number of hydrogen-bond donors (Lipinski definition) is 1. The predicted molar refractivity (Wildman–Crippen MR) is 66.7 cm³/mol. The zero-order chi connectivity index (χ0) is 12.4. The van der Waals surface area contributed by atoms with Crippen molar-refractivity contribution >= 4 is 0 Å². The van der Waals surface area contributed by atoms with Crippen molar-refractivity contribution in [2.75, 3.05) is 7.05 Å². The highest BCUT2D eigenvalue weighted by molar-refractivity contribution is 5.21. The van der Waals surface area contributed by atoms with Gasteiger partial charge in [-0.1, -0.05) is 6.92 Å². The van der Waals surface area contributed by atoms with E-state index in [0.29, 0.717) is 0 Å². The van der Waals surface area contributed by atoms with E-state index < -0.39 is 0 Å². The molecule has 2 heterocycles. The molecule has 0 spiro atoms. The fraction of sp³-hybridized carbons (Fsp3) is 0.500. The van der Waals surface area contributed by atoms with E-state index in [2.05, 4.69) is 28.4 Å². The Balaban J connectivity index is 2.42. The molecule has 17 heavy (non-hydrogen) atoms. The van der Waals surface area contributed by atoms with Crippen molar-refractivity contribution in [1.29, 1.82) is 0 Å². The minimum atomic E-state index is 0.0767. The topological polar surface area (TPSA) is 47.7 Å². The molecule has 5 heteroatoms. The highest BCUT2D eigenvalue weighted by Gasteiger charge is 2.20. The lowest BCUT2D eigenvalue weighted by Gasteiger charge is -2.16. The SMILES string of the molecule is CCc1cc(C(NC)c2nccn2C)n(C)n1. The van der Waals surface area contributed by atoms with Crippen molar-refractivity contribution in [1.82, 2.24) is 24.6 Å². The number of hydrogen-bond acceptors (Lipinski definition) is 3. The third-order valence-corrected chi connectivity index (χ3v) is 3.03. The van der Waals surface area contributed by atoms with Gasteiger partial charge in [-0.05, 0) is 19.5 Å². The van der Waals surface area contributed by atoms with Crippen LogP contribution in [0.4, 0.5) is 0 Å². The predicted octanol–water partition coefficient (Wildman–Crippen LogP) is 1.02. The molecule has 2 aromatic heterocycles. The second-order valence-electron chi connectivity index (χ2n) is 4.16. The van der Waals surface area contributed by atoms with E-state index in [9.17, 15) is 0 Å². The number of nitrogens with zero attached hydrogens (tertiary/aromatic N) is 4. The molecule has 0 aliphatic carbocycles. The van der Waals surface area contributed by atoms with Gasteiger partial charge in [0.2, 0.25) is 0 Å². The molecule has 0 aliphatic heterocycles. The molecule has 1 atom stereocenters. The van der Waals surface area contributed by atoms with Gasteiger partial charge in [0.15, 0.2) is 0 Å². The van der Waals surface area contributed by atoms with Crippen LogP contribution < -0.4 is 5.32 Å². The number of imidazole rings is 1. The van der Waals surface area contributed by atoms with Crippen LogP contribution in [0.1, 0.15) is 30.2 Å². The summed E-state index contributed by atoms with van der Waals surface area (Å²) in [5, 5.41) is 7.77. The van der Waals surface area contributed by atoms with Crippen molar-refractivity contribution < 1.29 is 0 Å².